The first-order valence-electron chi connectivity index (χ1n) is 5.85. The van der Waals surface area contributed by atoms with Gasteiger partial charge < -0.3 is 4.74 Å². The number of benzene rings is 2. The standard InChI is InChI=1S/C14H7Br3N2O3/c1-7-10(15)5-11(16)14(13(7)17)22-12-3-2-9(19(20)21)4-8(12)6-18/h2-5H,1H3. The molecule has 22 heavy (non-hydrogen) atoms. The van der Waals surface area contributed by atoms with Crippen LogP contribution in [-0.2, 0) is 0 Å². The van der Waals surface area contributed by atoms with Gasteiger partial charge in [0, 0.05) is 16.6 Å². The lowest BCUT2D eigenvalue weighted by Gasteiger charge is -2.13. The fraction of sp³-hybridized carbons (Fsp3) is 0.0714. The van der Waals surface area contributed by atoms with Crippen molar-refractivity contribution in [2.75, 3.05) is 0 Å². The van der Waals surface area contributed by atoms with Crippen molar-refractivity contribution in [1.82, 2.24) is 0 Å². The Morgan fingerprint density at radius 3 is 2.50 bits per heavy atom. The van der Waals surface area contributed by atoms with E-state index in [9.17, 15) is 10.1 Å². The van der Waals surface area contributed by atoms with Gasteiger partial charge in [0.05, 0.1) is 13.9 Å². The Kier molecular flexibility index (Phi) is 5.21. The molecule has 2 rings (SSSR count). The van der Waals surface area contributed by atoms with Crippen molar-refractivity contribution in [3.05, 3.63) is 58.9 Å². The van der Waals surface area contributed by atoms with Gasteiger partial charge in [0.1, 0.15) is 17.4 Å². The highest BCUT2D eigenvalue weighted by atomic mass is 79.9. The van der Waals surface area contributed by atoms with E-state index in [1.54, 1.807) is 0 Å². The zero-order valence-corrected chi connectivity index (χ0v) is 15.8. The second-order valence-electron chi connectivity index (χ2n) is 4.26. The van der Waals surface area contributed by atoms with Gasteiger partial charge in [-0.25, -0.2) is 0 Å². The third kappa shape index (κ3) is 3.32. The minimum absolute atomic E-state index is 0.0913. The summed E-state index contributed by atoms with van der Waals surface area (Å²) in [4.78, 5) is 10.2. The Labute approximate surface area is 151 Å². The third-order valence-corrected chi connectivity index (χ3v) is 5.23. The summed E-state index contributed by atoms with van der Waals surface area (Å²) in [7, 11) is 0. The number of nitro benzene ring substituents is 1. The van der Waals surface area contributed by atoms with Gasteiger partial charge in [-0.2, -0.15) is 5.26 Å². The minimum Gasteiger partial charge on any atom is -0.454 e. The lowest BCUT2D eigenvalue weighted by molar-refractivity contribution is -0.384. The van der Waals surface area contributed by atoms with Crippen LogP contribution in [0.4, 0.5) is 5.69 Å². The zero-order chi connectivity index (χ0) is 16.4. The molecule has 0 N–H and O–H groups in total. The van der Waals surface area contributed by atoms with Crippen molar-refractivity contribution >= 4 is 53.5 Å². The Bertz CT molecular complexity index is 816. The summed E-state index contributed by atoms with van der Waals surface area (Å²) in [6.45, 7) is 1.90. The number of nitriles is 1. The van der Waals surface area contributed by atoms with E-state index in [4.69, 9.17) is 10.00 Å². The number of nitrogens with zero attached hydrogens (tertiary/aromatic N) is 2. The van der Waals surface area contributed by atoms with Gasteiger partial charge in [-0.15, -0.1) is 0 Å². The van der Waals surface area contributed by atoms with Gasteiger partial charge in [0.15, 0.2) is 5.75 Å². The summed E-state index contributed by atoms with van der Waals surface area (Å²) in [5, 5.41) is 19.9. The quantitative estimate of drug-likeness (QED) is 0.399. The van der Waals surface area contributed by atoms with Crippen LogP contribution in [0.2, 0.25) is 0 Å². The topological polar surface area (TPSA) is 76.2 Å². The summed E-state index contributed by atoms with van der Waals surface area (Å²) in [6, 6.07) is 7.62. The van der Waals surface area contributed by atoms with Crippen LogP contribution in [0.3, 0.4) is 0 Å². The number of nitro groups is 1. The third-order valence-electron chi connectivity index (χ3n) is 2.86. The molecule has 0 atom stereocenters. The zero-order valence-electron chi connectivity index (χ0n) is 11.1. The van der Waals surface area contributed by atoms with Gasteiger partial charge in [-0.05, 0) is 56.5 Å². The molecule has 0 saturated carbocycles. The van der Waals surface area contributed by atoms with Gasteiger partial charge in [0.2, 0.25) is 0 Å². The summed E-state index contributed by atoms with van der Waals surface area (Å²) in [5.74, 6) is 0.738. The van der Waals surface area contributed by atoms with E-state index in [1.807, 2.05) is 19.1 Å². The monoisotopic (exact) mass is 488 g/mol. The second kappa shape index (κ2) is 6.77. The largest absolute Gasteiger partial charge is 0.454 e. The number of halogens is 3. The number of hydrogen-bond acceptors (Lipinski definition) is 4. The van der Waals surface area contributed by atoms with Crippen LogP contribution >= 0.6 is 47.8 Å². The van der Waals surface area contributed by atoms with Crippen molar-refractivity contribution in [2.45, 2.75) is 6.92 Å². The number of rotatable bonds is 3. The maximum atomic E-state index is 10.8. The molecule has 0 unspecified atom stereocenters. The average molecular weight is 491 g/mol. The highest BCUT2D eigenvalue weighted by Crippen LogP contribution is 2.42. The summed E-state index contributed by atoms with van der Waals surface area (Å²) < 4.78 is 8.06. The molecule has 0 aliphatic heterocycles. The molecular formula is C14H7Br3N2O3. The molecule has 2 aromatic rings. The molecule has 0 saturated heterocycles. The van der Waals surface area contributed by atoms with Crippen molar-refractivity contribution in [3.63, 3.8) is 0 Å². The van der Waals surface area contributed by atoms with Crippen LogP contribution in [0.25, 0.3) is 0 Å². The predicted octanol–water partition coefficient (Wildman–Crippen LogP) is 5.85. The van der Waals surface area contributed by atoms with Crippen molar-refractivity contribution in [1.29, 1.82) is 5.26 Å². The molecule has 5 nitrogen and oxygen atoms in total. The molecule has 0 bridgehead atoms. The van der Waals surface area contributed by atoms with E-state index in [1.165, 1.54) is 18.2 Å². The van der Waals surface area contributed by atoms with Gasteiger partial charge in [-0.3, -0.25) is 10.1 Å². The minimum atomic E-state index is -0.555. The SMILES string of the molecule is Cc1c(Br)cc(Br)c(Oc2ccc([N+](=O)[O-])cc2C#N)c1Br. The van der Waals surface area contributed by atoms with Crippen LogP contribution in [0.1, 0.15) is 11.1 Å². The molecule has 0 aliphatic rings. The van der Waals surface area contributed by atoms with E-state index in [-0.39, 0.29) is 17.0 Å². The van der Waals surface area contributed by atoms with Gasteiger partial charge >= 0.3 is 0 Å². The van der Waals surface area contributed by atoms with Crippen molar-refractivity contribution in [3.8, 4) is 17.6 Å². The molecular weight excluding hydrogens is 484 g/mol. The Morgan fingerprint density at radius 2 is 1.91 bits per heavy atom. The number of non-ortho nitro benzene ring substituents is 1. The molecule has 112 valence electrons. The molecule has 0 amide bonds. The normalized spacial score (nSPS) is 10.1. The van der Waals surface area contributed by atoms with Crippen LogP contribution < -0.4 is 4.74 Å². The summed E-state index contributed by atoms with van der Waals surface area (Å²) >= 11 is 10.3. The highest BCUT2D eigenvalue weighted by Gasteiger charge is 2.17. The molecule has 0 aliphatic carbocycles. The van der Waals surface area contributed by atoms with Crippen LogP contribution in [0.15, 0.2) is 37.7 Å². The van der Waals surface area contributed by atoms with E-state index in [0.29, 0.717) is 10.2 Å². The number of ether oxygens (including phenoxy) is 1. The van der Waals surface area contributed by atoms with E-state index < -0.39 is 4.92 Å². The first-order chi connectivity index (χ1) is 10.3. The van der Waals surface area contributed by atoms with E-state index >= 15 is 0 Å². The first kappa shape index (κ1) is 16.9. The molecule has 8 heteroatoms. The lowest BCUT2D eigenvalue weighted by atomic mass is 10.2. The molecule has 0 heterocycles. The first-order valence-corrected chi connectivity index (χ1v) is 8.23. The van der Waals surface area contributed by atoms with Gasteiger partial charge in [-0.1, -0.05) is 15.9 Å². The summed E-state index contributed by atoms with van der Waals surface area (Å²) in [5.41, 5.74) is 0.862. The maximum Gasteiger partial charge on any atom is 0.271 e. The fourth-order valence-electron chi connectivity index (χ4n) is 1.68. The van der Waals surface area contributed by atoms with E-state index in [0.717, 1.165) is 14.5 Å². The van der Waals surface area contributed by atoms with Crippen LogP contribution in [0.5, 0.6) is 11.5 Å². The highest BCUT2D eigenvalue weighted by molar-refractivity contribution is 9.11. The van der Waals surface area contributed by atoms with Crippen molar-refractivity contribution < 1.29 is 9.66 Å². The Morgan fingerprint density at radius 1 is 1.23 bits per heavy atom. The Hall–Kier alpha value is -1.43. The molecule has 0 radical (unpaired) electrons. The maximum absolute atomic E-state index is 10.8. The molecule has 0 fully saturated rings. The van der Waals surface area contributed by atoms with E-state index in [2.05, 4.69) is 47.8 Å². The van der Waals surface area contributed by atoms with Crippen molar-refractivity contribution in [2.24, 2.45) is 0 Å². The molecule has 0 aromatic heterocycles. The molecule has 0 spiro atoms. The Balaban J connectivity index is 2.51. The summed E-state index contributed by atoms with van der Waals surface area (Å²) in [6.07, 6.45) is 0. The second-order valence-corrected chi connectivity index (χ2v) is 6.76. The average Bonchev–Trinajstić information content (AvgIpc) is 2.49. The predicted molar refractivity (Wildman–Crippen MR) is 92.2 cm³/mol. The van der Waals surface area contributed by atoms with Gasteiger partial charge in [0.25, 0.3) is 5.69 Å². The molecule has 2 aromatic carbocycles. The van der Waals surface area contributed by atoms with Crippen LogP contribution in [0, 0.1) is 28.4 Å². The fourth-order valence-corrected chi connectivity index (χ4v) is 3.96. The van der Waals surface area contributed by atoms with Crippen LogP contribution in [-0.4, -0.2) is 4.92 Å². The lowest BCUT2D eigenvalue weighted by Crippen LogP contribution is -1.95. The smallest absolute Gasteiger partial charge is 0.271 e. The number of hydrogen-bond donors (Lipinski definition) is 0.